The molecule has 14 heavy (non-hydrogen) atoms. The van der Waals surface area contributed by atoms with Crippen molar-refractivity contribution in [3.05, 3.63) is 25.3 Å². The molecule has 1 N–H and O–H groups in total. The van der Waals surface area contributed by atoms with E-state index in [9.17, 15) is 4.79 Å². The van der Waals surface area contributed by atoms with Crippen molar-refractivity contribution in [1.29, 1.82) is 0 Å². The molecule has 0 atom stereocenters. The molecular weight excluding hydrogens is 184 g/mol. The largest absolute Gasteiger partial charge is 0.460 e. The number of rotatable bonds is 5. The van der Waals surface area contributed by atoms with Crippen LogP contribution >= 0.6 is 0 Å². The van der Waals surface area contributed by atoms with Crippen LogP contribution in [-0.2, 0) is 9.53 Å². The Hall–Kier alpha value is -1.98. The molecule has 1 aromatic rings. The van der Waals surface area contributed by atoms with Crippen LogP contribution in [0.2, 0.25) is 0 Å². The fourth-order valence-corrected chi connectivity index (χ4v) is 0.685. The average molecular weight is 194 g/mol. The van der Waals surface area contributed by atoms with E-state index in [1.165, 1.54) is 18.7 Å². The van der Waals surface area contributed by atoms with E-state index in [1.807, 2.05) is 0 Å². The van der Waals surface area contributed by atoms with Gasteiger partial charge in [-0.05, 0) is 0 Å². The first-order valence-electron chi connectivity index (χ1n) is 3.95. The van der Waals surface area contributed by atoms with Gasteiger partial charge in [0.1, 0.15) is 25.8 Å². The summed E-state index contributed by atoms with van der Waals surface area (Å²) in [5.74, 6) is -0.0409. The van der Waals surface area contributed by atoms with Crippen molar-refractivity contribution < 1.29 is 9.53 Å². The van der Waals surface area contributed by atoms with E-state index in [2.05, 4.69) is 26.8 Å². The van der Waals surface area contributed by atoms with Crippen LogP contribution < -0.4 is 5.32 Å². The third kappa shape index (κ3) is 3.61. The molecule has 0 spiro atoms. The van der Waals surface area contributed by atoms with E-state index in [-0.39, 0.29) is 19.1 Å². The molecule has 6 heteroatoms. The van der Waals surface area contributed by atoms with Gasteiger partial charge in [-0.25, -0.2) is 15.0 Å². The number of hydrogen-bond donors (Lipinski definition) is 1. The van der Waals surface area contributed by atoms with Crippen molar-refractivity contribution in [2.75, 3.05) is 18.5 Å². The highest BCUT2D eigenvalue weighted by Gasteiger charge is 2.01. The van der Waals surface area contributed by atoms with Gasteiger partial charge in [0.15, 0.2) is 0 Å². The zero-order valence-electron chi connectivity index (χ0n) is 7.51. The Morgan fingerprint density at radius 1 is 1.57 bits per heavy atom. The van der Waals surface area contributed by atoms with E-state index in [4.69, 9.17) is 4.74 Å². The zero-order valence-corrected chi connectivity index (χ0v) is 7.51. The van der Waals surface area contributed by atoms with Crippen LogP contribution in [0.1, 0.15) is 0 Å². The Morgan fingerprint density at radius 3 is 2.93 bits per heavy atom. The molecule has 0 aromatic carbocycles. The average Bonchev–Trinajstić information content (AvgIpc) is 2.25. The Labute approximate surface area is 81.1 Å². The summed E-state index contributed by atoms with van der Waals surface area (Å²) in [6.45, 7) is 3.65. The van der Waals surface area contributed by atoms with Gasteiger partial charge in [0.05, 0.1) is 0 Å². The molecule has 0 aliphatic carbocycles. The number of ether oxygens (including phenoxy) is 1. The summed E-state index contributed by atoms with van der Waals surface area (Å²) < 4.78 is 4.72. The molecule has 0 fully saturated rings. The molecule has 0 saturated heterocycles. The Kier molecular flexibility index (Phi) is 4.06. The molecule has 0 bridgehead atoms. The lowest BCUT2D eigenvalue weighted by molar-refractivity contribution is -0.140. The molecule has 0 aliphatic heterocycles. The van der Waals surface area contributed by atoms with Crippen molar-refractivity contribution >= 4 is 11.9 Å². The maximum absolute atomic E-state index is 11.0. The van der Waals surface area contributed by atoms with E-state index < -0.39 is 0 Å². The second-order valence-electron chi connectivity index (χ2n) is 2.29. The zero-order chi connectivity index (χ0) is 10.2. The summed E-state index contributed by atoms with van der Waals surface area (Å²) >= 11 is 0. The summed E-state index contributed by atoms with van der Waals surface area (Å²) in [7, 11) is 0. The number of anilines is 1. The first-order valence-corrected chi connectivity index (χ1v) is 3.95. The molecule has 0 radical (unpaired) electrons. The van der Waals surface area contributed by atoms with Crippen LogP contribution in [0.4, 0.5) is 5.95 Å². The van der Waals surface area contributed by atoms with Gasteiger partial charge in [-0.1, -0.05) is 12.7 Å². The minimum atomic E-state index is -0.384. The lowest BCUT2D eigenvalue weighted by Gasteiger charge is -2.02. The monoisotopic (exact) mass is 194 g/mol. The van der Waals surface area contributed by atoms with E-state index >= 15 is 0 Å². The molecule has 0 saturated carbocycles. The van der Waals surface area contributed by atoms with E-state index in [0.717, 1.165) is 0 Å². The molecule has 1 rings (SSSR count). The molecule has 74 valence electrons. The predicted octanol–water partition coefficient (Wildman–Crippen LogP) is 0.0127. The molecule has 0 amide bonds. The standard InChI is InChI=1S/C8H10N4O2/c1-2-3-14-7(13)4-10-8-11-5-9-6-12-8/h2,5-6H,1,3-4H2,(H,9,10,11,12). The van der Waals surface area contributed by atoms with Gasteiger partial charge in [0, 0.05) is 0 Å². The van der Waals surface area contributed by atoms with Crippen molar-refractivity contribution in [3.63, 3.8) is 0 Å². The van der Waals surface area contributed by atoms with Crippen LogP contribution in [0.3, 0.4) is 0 Å². The highest BCUT2D eigenvalue weighted by molar-refractivity contribution is 5.74. The Balaban J connectivity index is 2.27. The number of aromatic nitrogens is 3. The van der Waals surface area contributed by atoms with Gasteiger partial charge in [-0.2, -0.15) is 0 Å². The number of nitrogens with one attached hydrogen (secondary N) is 1. The number of carbonyl (C=O) groups is 1. The summed E-state index contributed by atoms with van der Waals surface area (Å²) in [6, 6.07) is 0. The van der Waals surface area contributed by atoms with Crippen LogP contribution in [0.25, 0.3) is 0 Å². The fraction of sp³-hybridized carbons (Fsp3) is 0.250. The smallest absolute Gasteiger partial charge is 0.325 e. The molecule has 0 unspecified atom stereocenters. The molecule has 0 aliphatic rings. The minimum absolute atomic E-state index is 0.0256. The van der Waals surface area contributed by atoms with Crippen LogP contribution in [0, 0.1) is 0 Å². The summed E-state index contributed by atoms with van der Waals surface area (Å²) in [6.07, 6.45) is 4.18. The Bertz CT molecular complexity index is 301. The second kappa shape index (κ2) is 5.63. The number of hydrogen-bond acceptors (Lipinski definition) is 6. The second-order valence-corrected chi connectivity index (χ2v) is 2.29. The van der Waals surface area contributed by atoms with Gasteiger partial charge in [-0.3, -0.25) is 4.79 Å². The number of nitrogens with zero attached hydrogens (tertiary/aromatic N) is 3. The van der Waals surface area contributed by atoms with Gasteiger partial charge in [-0.15, -0.1) is 0 Å². The van der Waals surface area contributed by atoms with Gasteiger partial charge >= 0.3 is 5.97 Å². The lowest BCUT2D eigenvalue weighted by atomic mass is 10.6. The van der Waals surface area contributed by atoms with Crippen molar-refractivity contribution in [1.82, 2.24) is 15.0 Å². The topological polar surface area (TPSA) is 77.0 Å². The third-order valence-electron chi connectivity index (χ3n) is 1.25. The fourth-order valence-electron chi connectivity index (χ4n) is 0.685. The Morgan fingerprint density at radius 2 is 2.29 bits per heavy atom. The number of carbonyl (C=O) groups excluding carboxylic acids is 1. The maximum Gasteiger partial charge on any atom is 0.325 e. The van der Waals surface area contributed by atoms with Crippen molar-refractivity contribution in [2.24, 2.45) is 0 Å². The molecular formula is C8H10N4O2. The highest BCUT2D eigenvalue weighted by atomic mass is 16.5. The quantitative estimate of drug-likeness (QED) is 0.525. The van der Waals surface area contributed by atoms with Crippen LogP contribution in [-0.4, -0.2) is 34.1 Å². The maximum atomic E-state index is 11.0. The minimum Gasteiger partial charge on any atom is -0.460 e. The van der Waals surface area contributed by atoms with Crippen LogP contribution in [0.15, 0.2) is 25.3 Å². The summed E-state index contributed by atoms with van der Waals surface area (Å²) in [5, 5.41) is 2.68. The number of esters is 1. The molecule has 1 heterocycles. The van der Waals surface area contributed by atoms with E-state index in [0.29, 0.717) is 5.95 Å². The van der Waals surface area contributed by atoms with Gasteiger partial charge in [0.25, 0.3) is 0 Å². The first-order chi connectivity index (χ1) is 6.83. The van der Waals surface area contributed by atoms with Gasteiger partial charge in [0.2, 0.25) is 5.95 Å². The predicted molar refractivity (Wildman–Crippen MR) is 49.5 cm³/mol. The normalized spacial score (nSPS) is 9.14. The molecule has 6 nitrogen and oxygen atoms in total. The molecule has 1 aromatic heterocycles. The first kappa shape index (κ1) is 10.1. The van der Waals surface area contributed by atoms with E-state index in [1.54, 1.807) is 0 Å². The lowest BCUT2D eigenvalue weighted by Crippen LogP contribution is -2.18. The van der Waals surface area contributed by atoms with Crippen molar-refractivity contribution in [3.8, 4) is 0 Å². The third-order valence-corrected chi connectivity index (χ3v) is 1.25. The summed E-state index contributed by atoms with van der Waals surface area (Å²) in [4.78, 5) is 22.1. The summed E-state index contributed by atoms with van der Waals surface area (Å²) in [5.41, 5.74) is 0. The SMILES string of the molecule is C=CCOC(=O)CNc1ncncn1. The highest BCUT2D eigenvalue weighted by Crippen LogP contribution is 1.91. The van der Waals surface area contributed by atoms with Crippen LogP contribution in [0.5, 0.6) is 0 Å². The van der Waals surface area contributed by atoms with Gasteiger partial charge < -0.3 is 10.1 Å². The van der Waals surface area contributed by atoms with Crippen molar-refractivity contribution in [2.45, 2.75) is 0 Å².